The van der Waals surface area contributed by atoms with E-state index in [1.54, 1.807) is 18.5 Å². The largest absolute Gasteiger partial charge is 0.250 e. The molecule has 13 heavy (non-hydrogen) atoms. The average molecular weight is 231 g/mol. The van der Waals surface area contributed by atoms with Crippen LogP contribution in [0, 0.1) is 0 Å². The van der Waals surface area contributed by atoms with Crippen LogP contribution in [0.25, 0.3) is 0 Å². The normalized spacial score (nSPS) is 11.9. The lowest BCUT2D eigenvalue weighted by Gasteiger charge is -1.85. The predicted octanol–water partition coefficient (Wildman–Crippen LogP) is 1.88. The summed E-state index contributed by atoms with van der Waals surface area (Å²) in [7, 11) is 2.69. The first-order chi connectivity index (χ1) is 6.36. The molecule has 0 fully saturated rings. The zero-order chi connectivity index (χ0) is 9.10. The number of aromatic nitrogens is 3. The van der Waals surface area contributed by atoms with Gasteiger partial charge in [-0.05, 0) is 16.4 Å². The first kappa shape index (κ1) is 8.74. The number of rotatable bonds is 1. The predicted molar refractivity (Wildman–Crippen MR) is 52.3 cm³/mol. The molecule has 2 aromatic rings. The van der Waals surface area contributed by atoms with Gasteiger partial charge in [-0.2, -0.15) is 9.37 Å². The molecule has 0 spiro atoms. The van der Waals surface area contributed by atoms with Gasteiger partial charge in [-0.1, -0.05) is 11.6 Å². The number of hydrogen-bond acceptors (Lipinski definition) is 6. The average Bonchev–Trinajstić information content (AvgIpc) is 2.54. The third-order valence-electron chi connectivity index (χ3n) is 1.16. The Morgan fingerprint density at radius 2 is 2.08 bits per heavy atom. The van der Waals surface area contributed by atoms with E-state index in [2.05, 4.69) is 19.3 Å². The van der Waals surface area contributed by atoms with E-state index in [0.29, 0.717) is 15.8 Å². The highest BCUT2D eigenvalue weighted by atomic mass is 35.5. The fourth-order valence-corrected chi connectivity index (χ4v) is 2.63. The second-order valence-corrected chi connectivity index (χ2v) is 4.20. The minimum absolute atomic E-state index is 0.404. The molecule has 0 unspecified atom stereocenters. The molecule has 0 atom stereocenters. The van der Waals surface area contributed by atoms with E-state index in [0.717, 1.165) is 0 Å². The van der Waals surface area contributed by atoms with E-state index in [1.807, 2.05) is 0 Å². The molecule has 0 aliphatic rings. The minimum Gasteiger partial charge on any atom is -0.220 e. The van der Waals surface area contributed by atoms with Crippen LogP contribution in [0.1, 0.15) is 0 Å². The smallest absolute Gasteiger partial charge is 0.220 e. The van der Waals surface area contributed by atoms with Gasteiger partial charge in [0.25, 0.3) is 5.95 Å². The molecule has 0 aliphatic carbocycles. The fourth-order valence-electron chi connectivity index (χ4n) is 0.665. The van der Waals surface area contributed by atoms with Crippen LogP contribution in [0.2, 0.25) is 5.15 Å². The summed E-state index contributed by atoms with van der Waals surface area (Å²) in [6.07, 6.45) is 3.26. The van der Waals surface area contributed by atoms with Gasteiger partial charge in [0.05, 0.1) is 0 Å². The molecule has 0 bridgehead atoms. The van der Waals surface area contributed by atoms with Crippen molar-refractivity contribution in [3.63, 3.8) is 0 Å². The molecule has 0 radical (unpaired) electrons. The summed E-state index contributed by atoms with van der Waals surface area (Å²) in [4.78, 5) is 12.0. The summed E-state index contributed by atoms with van der Waals surface area (Å²) in [6, 6.07) is 1.73. The Kier molecular flexibility index (Phi) is 2.62. The lowest BCUT2D eigenvalue weighted by Crippen LogP contribution is -1.94. The second kappa shape index (κ2) is 3.91. The molecule has 0 aliphatic heterocycles. The van der Waals surface area contributed by atoms with Gasteiger partial charge in [-0.3, -0.25) is 0 Å². The summed E-state index contributed by atoms with van der Waals surface area (Å²) in [6.45, 7) is 0. The Balaban J connectivity index is 2.48. The van der Waals surface area contributed by atoms with Gasteiger partial charge in [0.2, 0.25) is 0 Å². The van der Waals surface area contributed by atoms with Crippen LogP contribution in [0.5, 0.6) is 0 Å². The Morgan fingerprint density at radius 1 is 1.31 bits per heavy atom. The number of nitrogens with zero attached hydrogens (tertiary/aromatic N) is 4. The van der Waals surface area contributed by atoms with Crippen LogP contribution in [0.4, 0.5) is 5.95 Å². The van der Waals surface area contributed by atoms with E-state index in [4.69, 9.17) is 11.6 Å². The fraction of sp³-hybridized carbons (Fsp3) is 0. The van der Waals surface area contributed by atoms with Crippen LogP contribution in [-0.2, 0) is 0 Å². The van der Waals surface area contributed by atoms with Gasteiger partial charge in [0, 0.05) is 22.9 Å². The maximum absolute atomic E-state index is 5.75. The van der Waals surface area contributed by atoms with Crippen molar-refractivity contribution in [1.82, 2.24) is 14.3 Å². The highest BCUT2D eigenvalue weighted by Crippen LogP contribution is 2.07. The van der Waals surface area contributed by atoms with Crippen LogP contribution in [0.15, 0.2) is 23.5 Å². The van der Waals surface area contributed by atoms with Crippen LogP contribution >= 0.6 is 32.5 Å². The molecule has 2 rings (SSSR count). The Hall–Kier alpha value is -0.850. The van der Waals surface area contributed by atoms with Gasteiger partial charge in [0.1, 0.15) is 0 Å². The lowest BCUT2D eigenvalue weighted by molar-refractivity contribution is 1.11. The molecule has 0 saturated carbocycles. The van der Waals surface area contributed by atoms with E-state index >= 15 is 0 Å². The zero-order valence-electron chi connectivity index (χ0n) is 6.22. The first-order valence-electron chi connectivity index (χ1n) is 3.29. The maximum Gasteiger partial charge on any atom is 0.250 e. The molecule has 2 aromatic heterocycles. The van der Waals surface area contributed by atoms with E-state index < -0.39 is 0 Å². The van der Waals surface area contributed by atoms with E-state index in [9.17, 15) is 0 Å². The molecular formula is C6H3ClN4S2. The maximum atomic E-state index is 5.75. The standard InChI is InChI=1S/C6H3ClN4S2/c7-4-5(12-13-11-4)10-6-8-2-1-3-9-6/h1-3H/b10-5-. The van der Waals surface area contributed by atoms with Crippen molar-refractivity contribution in [3.05, 3.63) is 28.3 Å². The van der Waals surface area contributed by atoms with Gasteiger partial charge in [-0.15, -0.1) is 0 Å². The van der Waals surface area contributed by atoms with E-state index in [-0.39, 0.29) is 0 Å². The molecule has 0 amide bonds. The monoisotopic (exact) mass is 230 g/mol. The molecule has 2 heterocycles. The summed E-state index contributed by atoms with van der Waals surface area (Å²) >= 11 is 5.75. The van der Waals surface area contributed by atoms with Gasteiger partial charge in [-0.25, -0.2) is 9.97 Å². The van der Waals surface area contributed by atoms with Crippen molar-refractivity contribution in [3.8, 4) is 0 Å². The zero-order valence-corrected chi connectivity index (χ0v) is 8.60. The Bertz CT molecular complexity index is 449. The van der Waals surface area contributed by atoms with Crippen molar-refractivity contribution in [2.45, 2.75) is 0 Å². The third kappa shape index (κ3) is 2.09. The summed E-state index contributed by atoms with van der Waals surface area (Å²) in [5, 5.41) is 0.405. The lowest BCUT2D eigenvalue weighted by atomic mass is 10.7. The SMILES string of the molecule is Clc1nss/c1=N\c1ncccn1. The van der Waals surface area contributed by atoms with Crippen LogP contribution < -0.4 is 4.67 Å². The highest BCUT2D eigenvalue weighted by Gasteiger charge is 1.97. The van der Waals surface area contributed by atoms with Crippen LogP contribution in [0.3, 0.4) is 0 Å². The minimum atomic E-state index is 0.404. The number of hydrogen-bond donors (Lipinski definition) is 0. The van der Waals surface area contributed by atoms with Crippen molar-refractivity contribution in [1.29, 1.82) is 0 Å². The summed E-state index contributed by atoms with van der Waals surface area (Å²) in [5.74, 6) is 0.404. The van der Waals surface area contributed by atoms with E-state index in [1.165, 1.54) is 20.9 Å². The van der Waals surface area contributed by atoms with Gasteiger partial charge >= 0.3 is 0 Å². The Morgan fingerprint density at radius 3 is 2.69 bits per heavy atom. The topological polar surface area (TPSA) is 51.0 Å². The van der Waals surface area contributed by atoms with Crippen molar-refractivity contribution >= 4 is 38.4 Å². The van der Waals surface area contributed by atoms with Crippen molar-refractivity contribution in [2.24, 2.45) is 4.99 Å². The molecule has 4 nitrogen and oxygen atoms in total. The summed E-state index contributed by atoms with van der Waals surface area (Å²) < 4.78 is 4.54. The summed E-state index contributed by atoms with van der Waals surface area (Å²) in [5.41, 5.74) is 0. The Labute approximate surface area is 86.2 Å². The van der Waals surface area contributed by atoms with Gasteiger partial charge < -0.3 is 0 Å². The van der Waals surface area contributed by atoms with Gasteiger partial charge in [0.15, 0.2) is 9.82 Å². The molecule has 7 heteroatoms. The molecule has 0 saturated heterocycles. The molecular weight excluding hydrogens is 228 g/mol. The van der Waals surface area contributed by atoms with Crippen molar-refractivity contribution in [2.75, 3.05) is 0 Å². The van der Waals surface area contributed by atoms with Crippen LogP contribution in [-0.4, -0.2) is 14.3 Å². The van der Waals surface area contributed by atoms with Crippen molar-refractivity contribution < 1.29 is 0 Å². The molecule has 0 N–H and O–H groups in total. The highest BCUT2D eigenvalue weighted by molar-refractivity contribution is 7.66. The molecule has 0 aromatic carbocycles. The molecule has 66 valence electrons. The quantitative estimate of drug-likeness (QED) is 0.703. The number of halogens is 1. The third-order valence-corrected chi connectivity index (χ3v) is 3.33. The second-order valence-electron chi connectivity index (χ2n) is 2.01. The first-order valence-corrected chi connectivity index (χ1v) is 5.78.